The van der Waals surface area contributed by atoms with Gasteiger partial charge in [0.15, 0.2) is 0 Å². The van der Waals surface area contributed by atoms with Crippen LogP contribution in [-0.2, 0) is 4.74 Å². The first kappa shape index (κ1) is 14.1. The van der Waals surface area contributed by atoms with Crippen LogP contribution in [0.2, 0.25) is 5.02 Å². The minimum Gasteiger partial charge on any atom is -0.495 e. The average molecular weight is 324 g/mol. The Bertz CT molecular complexity index is 409. The van der Waals surface area contributed by atoms with Crippen molar-refractivity contribution in [1.82, 2.24) is 0 Å². The Labute approximate surface area is 113 Å². The maximum atomic E-state index is 11.5. The van der Waals surface area contributed by atoms with E-state index in [0.717, 1.165) is 0 Å². The molecule has 0 unspecified atom stereocenters. The van der Waals surface area contributed by atoms with Crippen LogP contribution in [0.1, 0.15) is 10.4 Å². The molecule has 4 nitrogen and oxygen atoms in total. The van der Waals surface area contributed by atoms with Gasteiger partial charge in [0.2, 0.25) is 0 Å². The monoisotopic (exact) mass is 322 g/mol. The van der Waals surface area contributed by atoms with Gasteiger partial charge in [-0.15, -0.1) is 0 Å². The molecule has 0 atom stereocenters. The quantitative estimate of drug-likeness (QED) is 0.617. The summed E-state index contributed by atoms with van der Waals surface area (Å²) in [5.41, 5.74) is 0.277. The first-order valence-electron chi connectivity index (χ1n) is 4.78. The van der Waals surface area contributed by atoms with E-state index in [2.05, 4.69) is 20.7 Å². The van der Waals surface area contributed by atoms with E-state index in [0.29, 0.717) is 28.5 Å². The fraction of sp³-hybridized carbons (Fsp3) is 0.364. The summed E-state index contributed by atoms with van der Waals surface area (Å²) < 4.78 is 15.1. The average Bonchev–Trinajstić information content (AvgIpc) is 2.35. The summed E-state index contributed by atoms with van der Waals surface area (Å²) in [6.07, 6.45) is 0. The van der Waals surface area contributed by atoms with Crippen LogP contribution in [0.5, 0.6) is 11.5 Å². The third-order valence-electron chi connectivity index (χ3n) is 1.99. The van der Waals surface area contributed by atoms with E-state index in [1.54, 1.807) is 6.07 Å². The molecule has 0 amide bonds. The Hall–Kier alpha value is -0.940. The molecule has 0 N–H and O–H groups in total. The number of carbonyl (C=O) groups is 1. The Morgan fingerprint density at radius 1 is 1.35 bits per heavy atom. The number of methoxy groups -OCH3 is 2. The van der Waals surface area contributed by atoms with E-state index in [1.807, 2.05) is 0 Å². The molecule has 1 aromatic rings. The number of benzene rings is 1. The van der Waals surface area contributed by atoms with Gasteiger partial charge >= 0.3 is 5.97 Å². The summed E-state index contributed by atoms with van der Waals surface area (Å²) in [5, 5.41) is 0.984. The molecular weight excluding hydrogens is 311 g/mol. The van der Waals surface area contributed by atoms with Gasteiger partial charge in [-0.25, -0.2) is 4.79 Å². The third-order valence-corrected chi connectivity index (χ3v) is 2.61. The van der Waals surface area contributed by atoms with Crippen LogP contribution in [0.3, 0.4) is 0 Å². The number of rotatable bonds is 5. The number of hydrogen-bond acceptors (Lipinski definition) is 4. The highest BCUT2D eigenvalue weighted by atomic mass is 79.9. The van der Waals surface area contributed by atoms with Gasteiger partial charge in [-0.05, 0) is 6.07 Å². The zero-order valence-corrected chi connectivity index (χ0v) is 11.8. The largest absolute Gasteiger partial charge is 0.495 e. The molecule has 6 heteroatoms. The van der Waals surface area contributed by atoms with Crippen molar-refractivity contribution in [3.05, 3.63) is 22.7 Å². The van der Waals surface area contributed by atoms with Crippen molar-refractivity contribution in [2.24, 2.45) is 0 Å². The maximum absolute atomic E-state index is 11.5. The number of hydrogen-bond donors (Lipinski definition) is 0. The number of ether oxygens (including phenoxy) is 3. The predicted octanol–water partition coefficient (Wildman–Crippen LogP) is 2.91. The minimum absolute atomic E-state index is 0.277. The van der Waals surface area contributed by atoms with E-state index >= 15 is 0 Å². The maximum Gasteiger partial charge on any atom is 0.341 e. The van der Waals surface area contributed by atoms with Gasteiger partial charge in [0.05, 0.1) is 25.8 Å². The van der Waals surface area contributed by atoms with E-state index in [1.165, 1.54) is 20.3 Å². The van der Waals surface area contributed by atoms with Gasteiger partial charge in [0.1, 0.15) is 17.1 Å². The molecule has 17 heavy (non-hydrogen) atoms. The van der Waals surface area contributed by atoms with Gasteiger partial charge in [0, 0.05) is 11.4 Å². The lowest BCUT2D eigenvalue weighted by molar-refractivity contribution is 0.0596. The van der Waals surface area contributed by atoms with Crippen molar-refractivity contribution in [3.63, 3.8) is 0 Å². The molecule has 0 heterocycles. The standard InChI is InChI=1S/C11H12BrClO4/c1-15-10-6-9(17-4-3-12)7(5-8(10)13)11(14)16-2/h5-6H,3-4H2,1-2H3. The molecule has 0 radical (unpaired) electrons. The summed E-state index contributed by atoms with van der Waals surface area (Å²) in [4.78, 5) is 11.5. The molecule has 0 saturated heterocycles. The Morgan fingerprint density at radius 2 is 2.06 bits per heavy atom. The minimum atomic E-state index is -0.501. The lowest BCUT2D eigenvalue weighted by Crippen LogP contribution is -2.07. The Balaban J connectivity index is 3.15. The zero-order valence-electron chi connectivity index (χ0n) is 9.46. The molecule has 1 aromatic carbocycles. The van der Waals surface area contributed by atoms with Gasteiger partial charge in [-0.2, -0.15) is 0 Å². The van der Waals surface area contributed by atoms with E-state index < -0.39 is 5.97 Å². The molecule has 0 aliphatic rings. The van der Waals surface area contributed by atoms with E-state index in [-0.39, 0.29) is 5.56 Å². The fourth-order valence-electron chi connectivity index (χ4n) is 1.23. The molecule has 0 fully saturated rings. The Kier molecular flexibility index (Phi) is 5.58. The lowest BCUT2D eigenvalue weighted by Gasteiger charge is -2.12. The van der Waals surface area contributed by atoms with Crippen LogP contribution < -0.4 is 9.47 Å². The van der Waals surface area contributed by atoms with E-state index in [4.69, 9.17) is 21.1 Å². The van der Waals surface area contributed by atoms with Gasteiger partial charge in [-0.3, -0.25) is 0 Å². The highest BCUT2D eigenvalue weighted by Gasteiger charge is 2.17. The Morgan fingerprint density at radius 3 is 2.59 bits per heavy atom. The summed E-state index contributed by atoms with van der Waals surface area (Å²) in [6.45, 7) is 0.425. The second kappa shape index (κ2) is 6.71. The molecule has 0 aliphatic carbocycles. The molecule has 0 spiro atoms. The van der Waals surface area contributed by atoms with Crippen molar-refractivity contribution < 1.29 is 19.0 Å². The highest BCUT2D eigenvalue weighted by molar-refractivity contribution is 9.09. The second-order valence-electron chi connectivity index (χ2n) is 3.01. The fourth-order valence-corrected chi connectivity index (χ4v) is 1.63. The number of carbonyl (C=O) groups excluding carboxylic acids is 1. The molecule has 94 valence electrons. The van der Waals surface area contributed by atoms with Crippen LogP contribution in [0.15, 0.2) is 12.1 Å². The predicted molar refractivity (Wildman–Crippen MR) is 68.6 cm³/mol. The first-order valence-corrected chi connectivity index (χ1v) is 6.28. The van der Waals surface area contributed by atoms with Crippen LogP contribution in [0.4, 0.5) is 0 Å². The summed E-state index contributed by atoms with van der Waals surface area (Å²) in [7, 11) is 2.79. The molecule has 0 bridgehead atoms. The van der Waals surface area contributed by atoms with Crippen molar-refractivity contribution >= 4 is 33.5 Å². The highest BCUT2D eigenvalue weighted by Crippen LogP contribution is 2.33. The molecule has 1 rings (SSSR count). The van der Waals surface area contributed by atoms with Crippen molar-refractivity contribution in [3.8, 4) is 11.5 Å². The number of esters is 1. The van der Waals surface area contributed by atoms with Crippen LogP contribution in [0, 0.1) is 0 Å². The second-order valence-corrected chi connectivity index (χ2v) is 4.21. The first-order chi connectivity index (χ1) is 8.13. The van der Waals surface area contributed by atoms with Crippen LogP contribution in [-0.4, -0.2) is 32.1 Å². The smallest absolute Gasteiger partial charge is 0.341 e. The van der Waals surface area contributed by atoms with Gasteiger partial charge in [-0.1, -0.05) is 27.5 Å². The SMILES string of the molecule is COC(=O)c1cc(Cl)c(OC)cc1OCCBr. The molecule has 0 saturated carbocycles. The summed E-state index contributed by atoms with van der Waals surface area (Å²) >= 11 is 9.18. The molecule has 0 aromatic heterocycles. The summed E-state index contributed by atoms with van der Waals surface area (Å²) in [5.74, 6) is 0.334. The van der Waals surface area contributed by atoms with Gasteiger partial charge < -0.3 is 14.2 Å². The van der Waals surface area contributed by atoms with Crippen LogP contribution in [0.25, 0.3) is 0 Å². The van der Waals surface area contributed by atoms with Crippen molar-refractivity contribution in [2.45, 2.75) is 0 Å². The van der Waals surface area contributed by atoms with Gasteiger partial charge in [0.25, 0.3) is 0 Å². The third kappa shape index (κ3) is 3.51. The van der Waals surface area contributed by atoms with Crippen molar-refractivity contribution in [1.29, 1.82) is 0 Å². The van der Waals surface area contributed by atoms with E-state index in [9.17, 15) is 4.79 Å². The normalized spacial score (nSPS) is 9.88. The number of alkyl halides is 1. The van der Waals surface area contributed by atoms with Crippen LogP contribution >= 0.6 is 27.5 Å². The lowest BCUT2D eigenvalue weighted by atomic mass is 10.2. The summed E-state index contributed by atoms with van der Waals surface area (Å²) in [6, 6.07) is 3.03. The molecule has 0 aliphatic heterocycles. The molecular formula is C11H12BrClO4. The number of halogens is 2. The topological polar surface area (TPSA) is 44.8 Å². The van der Waals surface area contributed by atoms with Crippen molar-refractivity contribution in [2.75, 3.05) is 26.2 Å². The zero-order chi connectivity index (χ0) is 12.8.